The van der Waals surface area contributed by atoms with Crippen molar-refractivity contribution in [1.29, 1.82) is 0 Å². The molecule has 0 heterocycles. The molecule has 33 heavy (non-hydrogen) atoms. The number of carbonyl (C=O) groups excluding carboxylic acids is 3. The molecule has 16 heteroatoms. The summed E-state index contributed by atoms with van der Waals surface area (Å²) in [6, 6.07) is -5.77. The maximum absolute atomic E-state index is 12.6. The number of thiol groups is 1. The summed E-state index contributed by atoms with van der Waals surface area (Å²) in [5.41, 5.74) is 16.1. The molecule has 0 aliphatic rings. The van der Waals surface area contributed by atoms with E-state index in [0.29, 0.717) is 6.42 Å². The number of hydrogen-bond donors (Lipinski definition) is 10. The molecule has 0 rings (SSSR count). The van der Waals surface area contributed by atoms with Crippen molar-refractivity contribution >= 4 is 48.2 Å². The van der Waals surface area contributed by atoms with E-state index in [1.54, 1.807) is 0 Å². The number of aliphatic carboxylic acids is 2. The van der Waals surface area contributed by atoms with Gasteiger partial charge in [0.25, 0.3) is 0 Å². The lowest BCUT2D eigenvalue weighted by Crippen LogP contribution is -2.60. The van der Waals surface area contributed by atoms with Gasteiger partial charge in [-0.05, 0) is 19.8 Å². The first-order valence-corrected chi connectivity index (χ1v) is 10.4. The van der Waals surface area contributed by atoms with Crippen molar-refractivity contribution in [2.24, 2.45) is 22.2 Å². The number of nitrogens with two attached hydrogens (primary N) is 3. The predicted molar refractivity (Wildman–Crippen MR) is 119 cm³/mol. The van der Waals surface area contributed by atoms with Crippen LogP contribution in [0.3, 0.4) is 0 Å². The summed E-state index contributed by atoms with van der Waals surface area (Å²) in [6.45, 7) is 1.36. The standard InChI is InChI=1S/C17H31N7O8S/c1-7(25)12(15(30)23-10(6-33)16(31)32)24-14(29)9(5-11(26)27)22-13(28)8(18)3-2-4-21-17(19)20/h7-10,12,25,33H,2-6,18H2,1H3,(H,22,28)(H,23,30)(H,24,29)(H,26,27)(H,31,32)(H4,19,20,21). The van der Waals surface area contributed by atoms with Crippen LogP contribution in [0.5, 0.6) is 0 Å². The minimum Gasteiger partial charge on any atom is -0.481 e. The summed E-state index contributed by atoms with van der Waals surface area (Å²) in [5.74, 6) is -6.20. The topological polar surface area (TPSA) is 273 Å². The van der Waals surface area contributed by atoms with Gasteiger partial charge in [0.15, 0.2) is 5.96 Å². The molecule has 0 spiro atoms. The lowest BCUT2D eigenvalue weighted by atomic mass is 10.1. The van der Waals surface area contributed by atoms with Gasteiger partial charge in [-0.2, -0.15) is 12.6 Å². The van der Waals surface area contributed by atoms with Crippen molar-refractivity contribution in [1.82, 2.24) is 16.0 Å². The van der Waals surface area contributed by atoms with Gasteiger partial charge in [0.05, 0.1) is 18.6 Å². The van der Waals surface area contributed by atoms with Gasteiger partial charge in [0.1, 0.15) is 18.1 Å². The maximum atomic E-state index is 12.6. The molecule has 0 aromatic carbocycles. The number of amides is 3. The first-order chi connectivity index (χ1) is 15.3. The number of carboxylic acids is 2. The zero-order valence-corrected chi connectivity index (χ0v) is 18.8. The third-order valence-electron chi connectivity index (χ3n) is 4.18. The van der Waals surface area contributed by atoms with Gasteiger partial charge in [-0.15, -0.1) is 0 Å². The molecule has 12 N–H and O–H groups in total. The summed E-state index contributed by atoms with van der Waals surface area (Å²) in [4.78, 5) is 63.1. The molecule has 0 aliphatic heterocycles. The molecular formula is C17H31N7O8S. The number of aliphatic imine (C=N–C) groups is 1. The van der Waals surface area contributed by atoms with E-state index in [2.05, 4.69) is 33.6 Å². The lowest BCUT2D eigenvalue weighted by Gasteiger charge is -2.25. The predicted octanol–water partition coefficient (Wildman–Crippen LogP) is -4.31. The van der Waals surface area contributed by atoms with Crippen LogP contribution in [-0.4, -0.2) is 93.5 Å². The van der Waals surface area contributed by atoms with Crippen LogP contribution in [0.25, 0.3) is 0 Å². The number of nitrogens with one attached hydrogen (secondary N) is 3. The van der Waals surface area contributed by atoms with Crippen molar-refractivity contribution in [3.8, 4) is 0 Å². The number of aliphatic hydroxyl groups is 1. The number of guanidine groups is 1. The number of rotatable bonds is 15. The molecule has 5 atom stereocenters. The van der Waals surface area contributed by atoms with Crippen molar-refractivity contribution in [2.45, 2.75) is 56.5 Å². The third-order valence-corrected chi connectivity index (χ3v) is 4.54. The highest BCUT2D eigenvalue weighted by Gasteiger charge is 2.33. The average molecular weight is 494 g/mol. The van der Waals surface area contributed by atoms with Crippen LogP contribution in [0, 0.1) is 0 Å². The quantitative estimate of drug-likeness (QED) is 0.0451. The fourth-order valence-electron chi connectivity index (χ4n) is 2.42. The Morgan fingerprint density at radius 1 is 0.970 bits per heavy atom. The first-order valence-electron chi connectivity index (χ1n) is 9.75. The highest BCUT2D eigenvalue weighted by atomic mass is 32.1. The maximum Gasteiger partial charge on any atom is 0.327 e. The molecule has 15 nitrogen and oxygen atoms in total. The molecule has 0 radical (unpaired) electrons. The summed E-state index contributed by atoms with van der Waals surface area (Å²) in [6.07, 6.45) is -1.87. The van der Waals surface area contributed by atoms with E-state index in [9.17, 15) is 29.1 Å². The van der Waals surface area contributed by atoms with Gasteiger partial charge in [-0.25, -0.2) is 4.79 Å². The van der Waals surface area contributed by atoms with Gasteiger partial charge >= 0.3 is 11.9 Å². The zero-order chi connectivity index (χ0) is 25.7. The smallest absolute Gasteiger partial charge is 0.327 e. The van der Waals surface area contributed by atoms with Crippen LogP contribution < -0.4 is 33.2 Å². The molecule has 5 unspecified atom stereocenters. The van der Waals surface area contributed by atoms with Crippen LogP contribution >= 0.6 is 12.6 Å². The number of hydrogen-bond acceptors (Lipinski definition) is 9. The Morgan fingerprint density at radius 3 is 2.00 bits per heavy atom. The van der Waals surface area contributed by atoms with Gasteiger partial charge in [-0.3, -0.25) is 24.2 Å². The molecule has 0 bridgehead atoms. The minimum absolute atomic E-state index is 0.128. The number of aliphatic hydroxyl groups excluding tert-OH is 1. The van der Waals surface area contributed by atoms with Crippen molar-refractivity contribution in [2.75, 3.05) is 12.3 Å². The third kappa shape index (κ3) is 11.9. The molecule has 188 valence electrons. The van der Waals surface area contributed by atoms with Gasteiger partial charge in [0, 0.05) is 12.3 Å². The molecule has 0 aromatic heterocycles. The fourth-order valence-corrected chi connectivity index (χ4v) is 2.67. The van der Waals surface area contributed by atoms with Gasteiger partial charge in [0.2, 0.25) is 17.7 Å². The second kappa shape index (κ2) is 14.9. The zero-order valence-electron chi connectivity index (χ0n) is 17.9. The normalized spacial score (nSPS) is 15.2. The van der Waals surface area contributed by atoms with E-state index in [0.717, 1.165) is 6.92 Å². The highest BCUT2D eigenvalue weighted by Crippen LogP contribution is 2.02. The fraction of sp³-hybridized carbons (Fsp3) is 0.647. The molecule has 0 aliphatic carbocycles. The minimum atomic E-state index is -1.64. The van der Waals surface area contributed by atoms with Gasteiger partial charge < -0.3 is 48.5 Å². The first kappa shape index (κ1) is 29.9. The summed E-state index contributed by atoms with van der Waals surface area (Å²) in [7, 11) is 0. The van der Waals surface area contributed by atoms with Gasteiger partial charge in [-0.1, -0.05) is 0 Å². The Bertz CT molecular complexity index is 745. The molecule has 3 amide bonds. The van der Waals surface area contributed by atoms with Crippen LogP contribution in [0.2, 0.25) is 0 Å². The van der Waals surface area contributed by atoms with E-state index < -0.39 is 66.4 Å². The molecular weight excluding hydrogens is 462 g/mol. The summed E-state index contributed by atoms with van der Waals surface area (Å²) in [5, 5.41) is 34.3. The summed E-state index contributed by atoms with van der Waals surface area (Å²) >= 11 is 3.80. The Balaban J connectivity index is 5.25. The van der Waals surface area contributed by atoms with Crippen LogP contribution in [0.15, 0.2) is 4.99 Å². The lowest BCUT2D eigenvalue weighted by molar-refractivity contribution is -0.143. The Hall–Kier alpha value is -3.11. The van der Waals surface area contributed by atoms with E-state index in [1.807, 2.05) is 0 Å². The van der Waals surface area contributed by atoms with Crippen LogP contribution in [0.1, 0.15) is 26.2 Å². The molecule has 0 aromatic rings. The second-order valence-electron chi connectivity index (χ2n) is 7.02. The molecule has 0 fully saturated rings. The Morgan fingerprint density at radius 2 is 1.55 bits per heavy atom. The molecule has 0 saturated carbocycles. The largest absolute Gasteiger partial charge is 0.481 e. The monoisotopic (exact) mass is 493 g/mol. The highest BCUT2D eigenvalue weighted by molar-refractivity contribution is 7.80. The Kier molecular flexibility index (Phi) is 13.5. The Labute approximate surface area is 194 Å². The number of carboxylic acid groups (broad SMARTS) is 2. The number of carbonyl (C=O) groups is 5. The second-order valence-corrected chi connectivity index (χ2v) is 7.39. The van der Waals surface area contributed by atoms with E-state index in [-0.39, 0.29) is 24.7 Å². The van der Waals surface area contributed by atoms with Crippen LogP contribution in [0.4, 0.5) is 0 Å². The van der Waals surface area contributed by atoms with E-state index >= 15 is 0 Å². The summed E-state index contributed by atoms with van der Waals surface area (Å²) < 4.78 is 0. The average Bonchev–Trinajstić information content (AvgIpc) is 2.71. The van der Waals surface area contributed by atoms with E-state index in [1.165, 1.54) is 0 Å². The van der Waals surface area contributed by atoms with Crippen LogP contribution in [-0.2, 0) is 24.0 Å². The van der Waals surface area contributed by atoms with Crippen molar-refractivity contribution in [3.63, 3.8) is 0 Å². The van der Waals surface area contributed by atoms with Crippen molar-refractivity contribution in [3.05, 3.63) is 0 Å². The molecule has 0 saturated heterocycles. The van der Waals surface area contributed by atoms with E-state index in [4.69, 9.17) is 27.4 Å². The van der Waals surface area contributed by atoms with Crippen molar-refractivity contribution < 1.29 is 39.3 Å². The number of nitrogens with zero attached hydrogens (tertiary/aromatic N) is 1. The SMILES string of the molecule is CC(O)C(NC(=O)C(CC(=O)O)NC(=O)C(N)CCCN=C(N)N)C(=O)NC(CS)C(=O)O.